The van der Waals surface area contributed by atoms with Crippen molar-refractivity contribution in [2.75, 3.05) is 0 Å². The molecule has 0 bridgehead atoms. The molecule has 0 aliphatic carbocycles. The largest absolute Gasteiger partial charge is 0.305 e. The van der Waals surface area contributed by atoms with Crippen LogP contribution >= 0.6 is 11.3 Å². The van der Waals surface area contributed by atoms with Gasteiger partial charge in [0.25, 0.3) is 0 Å². The molecule has 4 nitrogen and oxygen atoms in total. The fourth-order valence-electron chi connectivity index (χ4n) is 2.08. The van der Waals surface area contributed by atoms with Crippen molar-refractivity contribution in [2.24, 2.45) is 0 Å². The first kappa shape index (κ1) is 13.1. The number of hydrogen-bond donors (Lipinski definition) is 1. The molecular formula is C15H16N4S. The van der Waals surface area contributed by atoms with E-state index in [4.69, 9.17) is 0 Å². The van der Waals surface area contributed by atoms with Crippen molar-refractivity contribution in [3.05, 3.63) is 53.1 Å². The van der Waals surface area contributed by atoms with Crippen molar-refractivity contribution in [2.45, 2.75) is 26.4 Å². The highest BCUT2D eigenvalue weighted by Crippen LogP contribution is 2.22. The molecule has 0 aromatic carbocycles. The van der Waals surface area contributed by atoms with Crippen molar-refractivity contribution in [1.82, 2.24) is 20.3 Å². The molecule has 5 heteroatoms. The molecule has 3 aromatic rings. The zero-order valence-electron chi connectivity index (χ0n) is 11.5. The highest BCUT2D eigenvalue weighted by atomic mass is 32.1. The number of nitrogens with one attached hydrogen (secondary N) is 1. The summed E-state index contributed by atoms with van der Waals surface area (Å²) in [6, 6.07) is 6.43. The lowest BCUT2D eigenvalue weighted by molar-refractivity contribution is 0.565. The van der Waals surface area contributed by atoms with Crippen molar-refractivity contribution in [1.29, 1.82) is 0 Å². The van der Waals surface area contributed by atoms with Gasteiger partial charge in [0.2, 0.25) is 0 Å². The van der Waals surface area contributed by atoms with Gasteiger partial charge < -0.3 is 5.32 Å². The first-order valence-electron chi connectivity index (χ1n) is 6.57. The second-order valence-electron chi connectivity index (χ2n) is 4.77. The van der Waals surface area contributed by atoms with E-state index in [1.807, 2.05) is 25.3 Å². The van der Waals surface area contributed by atoms with Crippen LogP contribution in [0.4, 0.5) is 0 Å². The van der Waals surface area contributed by atoms with E-state index < -0.39 is 0 Å². The Labute approximate surface area is 121 Å². The van der Waals surface area contributed by atoms with E-state index in [9.17, 15) is 0 Å². The predicted octanol–water partition coefficient (Wildman–Crippen LogP) is 3.25. The normalized spacial score (nSPS) is 12.7. The molecule has 0 amide bonds. The summed E-state index contributed by atoms with van der Waals surface area (Å²) in [5, 5.41) is 5.55. The molecule has 102 valence electrons. The Morgan fingerprint density at radius 2 is 2.20 bits per heavy atom. The SMILES string of the molecule is Cc1nccc(CNC(C)c2cnc3ccsc3c2)n1. The quantitative estimate of drug-likeness (QED) is 0.799. The minimum atomic E-state index is 0.240. The molecule has 3 heterocycles. The summed E-state index contributed by atoms with van der Waals surface area (Å²) >= 11 is 1.72. The van der Waals surface area contributed by atoms with Crippen LogP contribution < -0.4 is 5.32 Å². The molecule has 0 fully saturated rings. The summed E-state index contributed by atoms with van der Waals surface area (Å²) < 4.78 is 1.23. The van der Waals surface area contributed by atoms with Crippen LogP contribution in [0.25, 0.3) is 10.2 Å². The van der Waals surface area contributed by atoms with Crippen molar-refractivity contribution < 1.29 is 0 Å². The maximum absolute atomic E-state index is 4.48. The maximum atomic E-state index is 4.48. The topological polar surface area (TPSA) is 50.7 Å². The summed E-state index contributed by atoms with van der Waals surface area (Å²) in [4.78, 5) is 13.0. The smallest absolute Gasteiger partial charge is 0.125 e. The zero-order chi connectivity index (χ0) is 13.9. The van der Waals surface area contributed by atoms with Crippen LogP contribution in [0.15, 0.2) is 36.0 Å². The molecule has 0 saturated heterocycles. The second-order valence-corrected chi connectivity index (χ2v) is 5.72. The average Bonchev–Trinajstić information content (AvgIpc) is 2.92. The van der Waals surface area contributed by atoms with E-state index in [0.717, 1.165) is 23.6 Å². The lowest BCUT2D eigenvalue weighted by atomic mass is 10.1. The summed E-state index contributed by atoms with van der Waals surface area (Å²) in [7, 11) is 0. The number of rotatable bonds is 4. The zero-order valence-corrected chi connectivity index (χ0v) is 12.3. The monoisotopic (exact) mass is 284 g/mol. The van der Waals surface area contributed by atoms with Gasteiger partial charge in [-0.25, -0.2) is 9.97 Å². The van der Waals surface area contributed by atoms with Crippen LogP contribution in [0, 0.1) is 6.92 Å². The Balaban J connectivity index is 1.70. The van der Waals surface area contributed by atoms with Gasteiger partial charge in [-0.05, 0) is 43.0 Å². The van der Waals surface area contributed by atoms with E-state index in [-0.39, 0.29) is 6.04 Å². The van der Waals surface area contributed by atoms with Crippen molar-refractivity contribution in [3.63, 3.8) is 0 Å². The fraction of sp³-hybridized carbons (Fsp3) is 0.267. The van der Waals surface area contributed by atoms with Crippen LogP contribution in [-0.2, 0) is 6.54 Å². The molecule has 1 atom stereocenters. The van der Waals surface area contributed by atoms with E-state index in [0.29, 0.717) is 0 Å². The minimum absolute atomic E-state index is 0.240. The first-order chi connectivity index (χ1) is 9.72. The van der Waals surface area contributed by atoms with Crippen molar-refractivity contribution in [3.8, 4) is 0 Å². The second kappa shape index (κ2) is 5.64. The van der Waals surface area contributed by atoms with Crippen LogP contribution in [0.2, 0.25) is 0 Å². The first-order valence-corrected chi connectivity index (χ1v) is 7.45. The molecule has 0 aliphatic heterocycles. The molecule has 3 rings (SSSR count). The third kappa shape index (κ3) is 2.84. The number of pyridine rings is 1. The van der Waals surface area contributed by atoms with Crippen molar-refractivity contribution >= 4 is 21.6 Å². The number of thiophene rings is 1. The average molecular weight is 284 g/mol. The maximum Gasteiger partial charge on any atom is 0.125 e. The summed E-state index contributed by atoms with van der Waals surface area (Å²) in [5.41, 5.74) is 3.28. The number of hydrogen-bond acceptors (Lipinski definition) is 5. The van der Waals surface area contributed by atoms with E-state index in [1.54, 1.807) is 17.5 Å². The highest BCUT2D eigenvalue weighted by molar-refractivity contribution is 7.17. The molecule has 20 heavy (non-hydrogen) atoms. The summed E-state index contributed by atoms with van der Waals surface area (Å²) in [5.74, 6) is 0.804. The molecule has 1 unspecified atom stereocenters. The van der Waals surface area contributed by atoms with Crippen LogP contribution in [0.3, 0.4) is 0 Å². The van der Waals surface area contributed by atoms with Gasteiger partial charge in [-0.15, -0.1) is 11.3 Å². The van der Waals surface area contributed by atoms with Gasteiger partial charge in [-0.1, -0.05) is 0 Å². The molecule has 0 aliphatic rings. The van der Waals surface area contributed by atoms with Crippen LogP contribution in [-0.4, -0.2) is 15.0 Å². The summed E-state index contributed by atoms with van der Waals surface area (Å²) in [6.07, 6.45) is 3.74. The lowest BCUT2D eigenvalue weighted by Crippen LogP contribution is -2.19. The highest BCUT2D eigenvalue weighted by Gasteiger charge is 2.07. The Hall–Kier alpha value is -1.85. The Bertz CT molecular complexity index is 722. The Morgan fingerprint density at radius 3 is 3.05 bits per heavy atom. The number of aromatic nitrogens is 3. The number of nitrogens with zero attached hydrogens (tertiary/aromatic N) is 3. The molecule has 0 spiro atoms. The Morgan fingerprint density at radius 1 is 1.30 bits per heavy atom. The molecule has 1 N–H and O–H groups in total. The van der Waals surface area contributed by atoms with E-state index in [1.165, 1.54) is 10.3 Å². The van der Waals surface area contributed by atoms with Gasteiger partial charge in [-0.2, -0.15) is 0 Å². The third-order valence-corrected chi connectivity index (χ3v) is 4.10. The third-order valence-electron chi connectivity index (χ3n) is 3.25. The fourth-order valence-corrected chi connectivity index (χ4v) is 2.87. The van der Waals surface area contributed by atoms with Crippen LogP contribution in [0.1, 0.15) is 30.0 Å². The Kier molecular flexibility index (Phi) is 3.71. The van der Waals surface area contributed by atoms with Gasteiger partial charge in [0, 0.05) is 25.0 Å². The van der Waals surface area contributed by atoms with Gasteiger partial charge in [0.05, 0.1) is 15.9 Å². The van der Waals surface area contributed by atoms with E-state index in [2.05, 4.69) is 38.6 Å². The predicted molar refractivity (Wildman–Crippen MR) is 81.6 cm³/mol. The van der Waals surface area contributed by atoms with Gasteiger partial charge in [0.15, 0.2) is 0 Å². The van der Waals surface area contributed by atoms with Gasteiger partial charge in [-0.3, -0.25) is 4.98 Å². The number of aryl methyl sites for hydroxylation is 1. The molecule has 0 radical (unpaired) electrons. The molecule has 3 aromatic heterocycles. The lowest BCUT2D eigenvalue weighted by Gasteiger charge is -2.13. The van der Waals surface area contributed by atoms with E-state index >= 15 is 0 Å². The molecular weight excluding hydrogens is 268 g/mol. The molecule has 0 saturated carbocycles. The number of fused-ring (bicyclic) bond motifs is 1. The van der Waals surface area contributed by atoms with Gasteiger partial charge >= 0.3 is 0 Å². The minimum Gasteiger partial charge on any atom is -0.305 e. The summed E-state index contributed by atoms with van der Waals surface area (Å²) in [6.45, 7) is 4.78. The van der Waals surface area contributed by atoms with Crippen LogP contribution in [0.5, 0.6) is 0 Å². The standard InChI is InChI=1S/C15H16N4S/c1-10(17-9-13-3-5-16-11(2)19-13)12-7-15-14(18-8-12)4-6-20-15/h3-8,10,17H,9H2,1-2H3. The van der Waals surface area contributed by atoms with Gasteiger partial charge in [0.1, 0.15) is 5.82 Å².